The van der Waals surface area contributed by atoms with Gasteiger partial charge in [-0.2, -0.15) is 5.10 Å². The molecule has 7 heteroatoms. The fourth-order valence-corrected chi connectivity index (χ4v) is 3.33. The zero-order valence-corrected chi connectivity index (χ0v) is 14.6. The van der Waals surface area contributed by atoms with E-state index < -0.39 is 5.97 Å². The van der Waals surface area contributed by atoms with Crippen molar-refractivity contribution in [2.24, 2.45) is 0 Å². The Hall–Kier alpha value is -2.83. The predicted octanol–water partition coefficient (Wildman–Crippen LogP) is 2.32. The molecule has 1 aliphatic heterocycles. The molecule has 0 radical (unpaired) electrons. The van der Waals surface area contributed by atoms with E-state index in [4.69, 9.17) is 5.11 Å². The lowest BCUT2D eigenvalue weighted by molar-refractivity contribution is -0.137. The minimum absolute atomic E-state index is 0.0354. The topological polar surface area (TPSA) is 87.5 Å². The highest BCUT2D eigenvalue weighted by atomic mass is 16.4. The number of rotatable bonds is 7. The minimum Gasteiger partial charge on any atom is -0.481 e. The van der Waals surface area contributed by atoms with E-state index in [9.17, 15) is 9.59 Å². The number of hydrogen-bond donors (Lipinski definition) is 2. The molecule has 1 aliphatic rings. The average molecular weight is 356 g/mol. The van der Waals surface area contributed by atoms with Gasteiger partial charge in [0.1, 0.15) is 0 Å². The molecule has 2 heterocycles. The zero-order valence-electron chi connectivity index (χ0n) is 14.6. The van der Waals surface area contributed by atoms with Crippen molar-refractivity contribution >= 4 is 12.0 Å². The second-order valence-corrected chi connectivity index (χ2v) is 6.64. The van der Waals surface area contributed by atoms with Gasteiger partial charge >= 0.3 is 12.0 Å². The molecule has 7 nitrogen and oxygen atoms in total. The average Bonchev–Trinajstić information content (AvgIpc) is 3.31. The van der Waals surface area contributed by atoms with Crippen LogP contribution >= 0.6 is 0 Å². The van der Waals surface area contributed by atoms with Crippen LogP contribution in [0.1, 0.15) is 30.9 Å². The van der Waals surface area contributed by atoms with E-state index >= 15 is 0 Å². The Morgan fingerprint density at radius 2 is 2.08 bits per heavy atom. The fourth-order valence-electron chi connectivity index (χ4n) is 3.33. The van der Waals surface area contributed by atoms with Gasteiger partial charge in [0.15, 0.2) is 0 Å². The number of nitrogens with zero attached hydrogens (tertiary/aromatic N) is 3. The summed E-state index contributed by atoms with van der Waals surface area (Å²) in [5.41, 5.74) is 1.08. The first-order valence-electron chi connectivity index (χ1n) is 8.92. The summed E-state index contributed by atoms with van der Waals surface area (Å²) in [6.45, 7) is 1.29. The largest absolute Gasteiger partial charge is 0.481 e. The van der Waals surface area contributed by atoms with Crippen LogP contribution in [0.15, 0.2) is 48.8 Å². The molecule has 0 spiro atoms. The van der Waals surface area contributed by atoms with Crippen molar-refractivity contribution in [1.82, 2.24) is 20.0 Å². The van der Waals surface area contributed by atoms with Gasteiger partial charge in [-0.1, -0.05) is 30.3 Å². The normalized spacial score (nSPS) is 17.8. The number of aliphatic carboxylic acids is 1. The standard InChI is InChI=1S/C19H24N4O3/c24-18(25)8-7-16(13-15-5-2-1-3-6-15)21-19(26)22-12-9-17(14-22)23-11-4-10-20-23/h1-6,10-11,16-17H,7-9,12-14H2,(H,21,26)(H,24,25). The molecular formula is C19H24N4O3. The molecule has 2 N–H and O–H groups in total. The molecule has 1 saturated heterocycles. The van der Waals surface area contributed by atoms with Crippen LogP contribution in [0, 0.1) is 0 Å². The van der Waals surface area contributed by atoms with Crippen LogP contribution in [0.2, 0.25) is 0 Å². The Morgan fingerprint density at radius 3 is 2.77 bits per heavy atom. The van der Waals surface area contributed by atoms with E-state index in [0.29, 0.717) is 25.9 Å². The number of likely N-dealkylation sites (tertiary alicyclic amines) is 1. The second-order valence-electron chi connectivity index (χ2n) is 6.64. The quantitative estimate of drug-likeness (QED) is 0.797. The van der Waals surface area contributed by atoms with E-state index in [1.807, 2.05) is 47.3 Å². The molecule has 0 bridgehead atoms. The third kappa shape index (κ3) is 4.84. The van der Waals surface area contributed by atoms with Crippen LogP contribution in [0.3, 0.4) is 0 Å². The van der Waals surface area contributed by atoms with Crippen molar-refractivity contribution in [3.8, 4) is 0 Å². The number of urea groups is 1. The molecular weight excluding hydrogens is 332 g/mol. The Bertz CT molecular complexity index is 718. The maximum Gasteiger partial charge on any atom is 0.317 e. The number of carboxylic acids is 1. The monoisotopic (exact) mass is 356 g/mol. The summed E-state index contributed by atoms with van der Waals surface area (Å²) in [5.74, 6) is -0.850. The lowest BCUT2D eigenvalue weighted by atomic mass is 10.0. The molecule has 26 heavy (non-hydrogen) atoms. The highest BCUT2D eigenvalue weighted by molar-refractivity contribution is 5.75. The van der Waals surface area contributed by atoms with Crippen molar-refractivity contribution in [1.29, 1.82) is 0 Å². The highest BCUT2D eigenvalue weighted by Crippen LogP contribution is 2.21. The van der Waals surface area contributed by atoms with Crippen LogP contribution in [0.5, 0.6) is 0 Å². The van der Waals surface area contributed by atoms with Gasteiger partial charge in [0, 0.05) is 37.9 Å². The highest BCUT2D eigenvalue weighted by Gasteiger charge is 2.28. The summed E-state index contributed by atoms with van der Waals surface area (Å²) < 4.78 is 1.89. The lowest BCUT2D eigenvalue weighted by Gasteiger charge is -2.23. The summed E-state index contributed by atoms with van der Waals surface area (Å²) in [6, 6.07) is 11.5. The Morgan fingerprint density at radius 1 is 1.27 bits per heavy atom. The number of nitrogens with one attached hydrogen (secondary N) is 1. The molecule has 2 amide bonds. The van der Waals surface area contributed by atoms with Gasteiger partial charge in [-0.15, -0.1) is 0 Å². The van der Waals surface area contributed by atoms with Gasteiger partial charge in [0.2, 0.25) is 0 Å². The molecule has 2 unspecified atom stereocenters. The van der Waals surface area contributed by atoms with Crippen molar-refractivity contribution in [3.05, 3.63) is 54.4 Å². The number of amides is 2. The molecule has 0 aliphatic carbocycles. The van der Waals surface area contributed by atoms with E-state index in [-0.39, 0.29) is 24.5 Å². The van der Waals surface area contributed by atoms with E-state index in [0.717, 1.165) is 12.0 Å². The first-order valence-corrected chi connectivity index (χ1v) is 8.92. The number of hydrogen-bond acceptors (Lipinski definition) is 3. The van der Waals surface area contributed by atoms with E-state index in [2.05, 4.69) is 10.4 Å². The van der Waals surface area contributed by atoms with Crippen molar-refractivity contribution in [2.75, 3.05) is 13.1 Å². The molecule has 0 saturated carbocycles. The number of carbonyl (C=O) groups is 2. The maximum absolute atomic E-state index is 12.6. The minimum atomic E-state index is -0.850. The summed E-state index contributed by atoms with van der Waals surface area (Å²) >= 11 is 0. The molecule has 2 atom stereocenters. The molecule has 2 aromatic rings. The number of benzene rings is 1. The van der Waals surface area contributed by atoms with Crippen LogP contribution in [0.4, 0.5) is 4.79 Å². The second kappa shape index (κ2) is 8.51. The summed E-state index contributed by atoms with van der Waals surface area (Å²) in [6.07, 6.45) is 5.59. The first-order chi connectivity index (χ1) is 12.6. The van der Waals surface area contributed by atoms with Crippen molar-refractivity contribution in [2.45, 2.75) is 37.8 Å². The summed E-state index contributed by atoms with van der Waals surface area (Å²) in [4.78, 5) is 25.4. The zero-order chi connectivity index (χ0) is 18.4. The van der Waals surface area contributed by atoms with E-state index in [1.54, 1.807) is 11.1 Å². The smallest absolute Gasteiger partial charge is 0.317 e. The predicted molar refractivity (Wildman–Crippen MR) is 96.8 cm³/mol. The third-order valence-electron chi connectivity index (χ3n) is 4.71. The van der Waals surface area contributed by atoms with Crippen LogP contribution in [0.25, 0.3) is 0 Å². The molecule has 3 rings (SSSR count). The summed E-state index contributed by atoms with van der Waals surface area (Å²) in [5, 5.41) is 16.3. The van der Waals surface area contributed by atoms with Gasteiger partial charge in [0.25, 0.3) is 0 Å². The van der Waals surface area contributed by atoms with Crippen LogP contribution in [-0.2, 0) is 11.2 Å². The third-order valence-corrected chi connectivity index (χ3v) is 4.71. The van der Waals surface area contributed by atoms with Crippen LogP contribution < -0.4 is 5.32 Å². The van der Waals surface area contributed by atoms with Gasteiger partial charge in [0.05, 0.1) is 6.04 Å². The van der Waals surface area contributed by atoms with Gasteiger partial charge in [-0.05, 0) is 30.9 Å². The van der Waals surface area contributed by atoms with E-state index in [1.165, 1.54) is 0 Å². The van der Waals surface area contributed by atoms with Crippen molar-refractivity contribution < 1.29 is 14.7 Å². The molecule has 1 aromatic heterocycles. The van der Waals surface area contributed by atoms with Crippen LogP contribution in [-0.4, -0.2) is 50.9 Å². The van der Waals surface area contributed by atoms with Gasteiger partial charge < -0.3 is 15.3 Å². The first kappa shape index (κ1) is 18.0. The maximum atomic E-state index is 12.6. The number of carboxylic acid groups (broad SMARTS) is 1. The Labute approximate surface area is 152 Å². The van der Waals surface area contributed by atoms with Crippen molar-refractivity contribution in [3.63, 3.8) is 0 Å². The fraction of sp³-hybridized carbons (Fsp3) is 0.421. The Kier molecular flexibility index (Phi) is 5.88. The SMILES string of the molecule is O=C(O)CCC(Cc1ccccc1)NC(=O)N1CCC(n2cccn2)C1. The number of carbonyl (C=O) groups excluding carboxylic acids is 1. The molecule has 138 valence electrons. The lowest BCUT2D eigenvalue weighted by Crippen LogP contribution is -2.45. The molecule has 1 fully saturated rings. The van der Waals surface area contributed by atoms with Gasteiger partial charge in [-0.25, -0.2) is 4.79 Å². The Balaban J connectivity index is 1.58. The number of aromatic nitrogens is 2. The summed E-state index contributed by atoms with van der Waals surface area (Å²) in [7, 11) is 0. The van der Waals surface area contributed by atoms with Gasteiger partial charge in [-0.3, -0.25) is 9.48 Å². The molecule has 1 aromatic carbocycles.